The van der Waals surface area contributed by atoms with E-state index < -0.39 is 57.5 Å². The van der Waals surface area contributed by atoms with Gasteiger partial charge in [-0.25, -0.2) is 28.0 Å². The number of rotatable bonds is 6. The molecule has 0 radical (unpaired) electrons. The van der Waals surface area contributed by atoms with E-state index in [1.54, 1.807) is 0 Å². The Morgan fingerprint density at radius 2 is 1.03 bits per heavy atom. The molecule has 0 atom stereocenters. The summed E-state index contributed by atoms with van der Waals surface area (Å²) in [5.41, 5.74) is -5.83. The molecule has 0 saturated heterocycles. The molecule has 2 aromatic rings. The SMILES string of the molecule is CCF.O=C(O)c1ccc(C2(c3ccc(C(=O)O)c(C(=O)O)c3)C=CC=CC2(F)F)cc1C(=O)O. The van der Waals surface area contributed by atoms with Crippen LogP contribution in [0, 0.1) is 0 Å². The van der Waals surface area contributed by atoms with Gasteiger partial charge in [-0.05, 0) is 48.4 Å². The number of hydrogen-bond donors (Lipinski definition) is 4. The van der Waals surface area contributed by atoms with Crippen molar-refractivity contribution in [3.63, 3.8) is 0 Å². The van der Waals surface area contributed by atoms with Gasteiger partial charge >= 0.3 is 23.9 Å². The van der Waals surface area contributed by atoms with Crippen molar-refractivity contribution in [1.82, 2.24) is 0 Å². The van der Waals surface area contributed by atoms with Crippen LogP contribution in [0.5, 0.6) is 0 Å². The second-order valence-corrected chi connectivity index (χ2v) is 7.16. The van der Waals surface area contributed by atoms with Gasteiger partial charge in [0, 0.05) is 0 Å². The molecule has 1 aliphatic rings. The van der Waals surface area contributed by atoms with Crippen molar-refractivity contribution in [1.29, 1.82) is 0 Å². The third kappa shape index (κ3) is 4.93. The number of hydrogen-bond acceptors (Lipinski definition) is 4. The average molecular weight is 492 g/mol. The lowest BCUT2D eigenvalue weighted by Crippen LogP contribution is -2.45. The zero-order valence-corrected chi connectivity index (χ0v) is 18.0. The van der Waals surface area contributed by atoms with Gasteiger partial charge < -0.3 is 20.4 Å². The first kappa shape index (κ1) is 26.8. The highest BCUT2D eigenvalue weighted by Gasteiger charge is 2.54. The molecule has 2 aromatic carbocycles. The van der Waals surface area contributed by atoms with Gasteiger partial charge in [0.2, 0.25) is 0 Å². The molecular weight excluding hydrogens is 473 g/mol. The molecule has 0 saturated carbocycles. The maximum absolute atomic E-state index is 15.4. The first-order chi connectivity index (χ1) is 16.3. The van der Waals surface area contributed by atoms with E-state index in [0.717, 1.165) is 48.6 Å². The fourth-order valence-corrected chi connectivity index (χ4v) is 3.67. The van der Waals surface area contributed by atoms with Gasteiger partial charge in [-0.2, -0.15) is 0 Å². The molecule has 0 fully saturated rings. The van der Waals surface area contributed by atoms with E-state index in [9.17, 15) is 44.0 Å². The van der Waals surface area contributed by atoms with Crippen LogP contribution >= 0.6 is 0 Å². The van der Waals surface area contributed by atoms with Crippen molar-refractivity contribution >= 4 is 23.9 Å². The molecule has 0 spiro atoms. The molecule has 1 aliphatic carbocycles. The van der Waals surface area contributed by atoms with E-state index in [0.29, 0.717) is 6.08 Å². The van der Waals surface area contributed by atoms with Gasteiger partial charge in [-0.15, -0.1) is 0 Å². The molecule has 0 aliphatic heterocycles. The van der Waals surface area contributed by atoms with Crippen LogP contribution in [0.2, 0.25) is 0 Å². The van der Waals surface area contributed by atoms with Crippen molar-refractivity contribution in [2.45, 2.75) is 18.3 Å². The number of carboxylic acid groups (broad SMARTS) is 4. The van der Waals surface area contributed by atoms with E-state index in [4.69, 9.17) is 0 Å². The average Bonchev–Trinajstić information content (AvgIpc) is 2.78. The van der Waals surface area contributed by atoms with E-state index in [2.05, 4.69) is 0 Å². The summed E-state index contributed by atoms with van der Waals surface area (Å²) in [5.74, 6) is -10.2. The maximum atomic E-state index is 15.4. The Balaban J connectivity index is 0.00000137. The number of aromatic carboxylic acids is 4. The van der Waals surface area contributed by atoms with Gasteiger partial charge in [-0.1, -0.05) is 30.4 Å². The summed E-state index contributed by atoms with van der Waals surface area (Å²) in [6.45, 7) is 1.21. The third-order valence-electron chi connectivity index (χ3n) is 5.16. The van der Waals surface area contributed by atoms with Gasteiger partial charge in [-0.3, -0.25) is 4.39 Å². The van der Waals surface area contributed by atoms with Crippen LogP contribution in [0.4, 0.5) is 13.2 Å². The number of carbonyl (C=O) groups is 4. The fraction of sp³-hybridized carbons (Fsp3) is 0.167. The van der Waals surface area contributed by atoms with Crippen molar-refractivity contribution < 1.29 is 52.8 Å². The quantitative estimate of drug-likeness (QED) is 0.460. The van der Waals surface area contributed by atoms with E-state index in [1.165, 1.54) is 13.0 Å². The van der Waals surface area contributed by atoms with E-state index in [1.807, 2.05) is 0 Å². The highest BCUT2D eigenvalue weighted by atomic mass is 19.3. The summed E-state index contributed by atoms with van der Waals surface area (Å²) in [5, 5.41) is 37.3. The Hall–Kier alpha value is -4.41. The summed E-state index contributed by atoms with van der Waals surface area (Å²) in [6.07, 6.45) is 3.85. The minimum absolute atomic E-state index is 0.250. The van der Waals surface area contributed by atoms with Gasteiger partial charge in [0.25, 0.3) is 5.92 Å². The predicted octanol–water partition coefficient (Wildman–Crippen LogP) is 4.50. The second-order valence-electron chi connectivity index (χ2n) is 7.16. The van der Waals surface area contributed by atoms with Crippen molar-refractivity contribution in [3.05, 3.63) is 94.1 Å². The van der Waals surface area contributed by atoms with E-state index in [-0.39, 0.29) is 17.8 Å². The topological polar surface area (TPSA) is 149 Å². The van der Waals surface area contributed by atoms with Crippen LogP contribution in [0.15, 0.2) is 60.7 Å². The Morgan fingerprint density at radius 3 is 1.34 bits per heavy atom. The van der Waals surface area contributed by atoms with E-state index >= 15 is 8.78 Å². The maximum Gasteiger partial charge on any atom is 0.336 e. The number of halogens is 3. The normalized spacial score (nSPS) is 15.0. The number of allylic oxidation sites excluding steroid dienone is 4. The Bertz CT molecular complexity index is 1170. The smallest absolute Gasteiger partial charge is 0.336 e. The van der Waals surface area contributed by atoms with Crippen molar-refractivity contribution in [2.24, 2.45) is 0 Å². The summed E-state index contributed by atoms with van der Waals surface area (Å²) < 4.78 is 41.1. The van der Waals surface area contributed by atoms with Crippen molar-refractivity contribution in [2.75, 3.05) is 6.67 Å². The van der Waals surface area contributed by atoms with Crippen LogP contribution in [0.3, 0.4) is 0 Å². The van der Waals surface area contributed by atoms with Gasteiger partial charge in [0.15, 0.2) is 0 Å². The van der Waals surface area contributed by atoms with Crippen LogP contribution in [0.1, 0.15) is 59.5 Å². The fourth-order valence-electron chi connectivity index (χ4n) is 3.67. The monoisotopic (exact) mass is 492 g/mol. The molecule has 0 unspecified atom stereocenters. The number of benzene rings is 2. The third-order valence-corrected chi connectivity index (χ3v) is 5.16. The molecule has 0 heterocycles. The molecule has 0 bridgehead atoms. The first-order valence-corrected chi connectivity index (χ1v) is 9.87. The Morgan fingerprint density at radius 1 is 0.686 bits per heavy atom. The molecule has 3 rings (SSSR count). The largest absolute Gasteiger partial charge is 0.478 e. The highest BCUT2D eigenvalue weighted by Crippen LogP contribution is 2.49. The Kier molecular flexibility index (Phi) is 7.86. The van der Waals surface area contributed by atoms with Crippen LogP contribution in [-0.2, 0) is 5.41 Å². The van der Waals surface area contributed by atoms with Gasteiger partial charge in [0.1, 0.15) is 5.41 Å². The van der Waals surface area contributed by atoms with Crippen molar-refractivity contribution in [3.8, 4) is 0 Å². The lowest BCUT2D eigenvalue weighted by Gasteiger charge is -2.39. The van der Waals surface area contributed by atoms with Crippen LogP contribution in [0.25, 0.3) is 0 Å². The highest BCUT2D eigenvalue weighted by molar-refractivity contribution is 6.03. The molecule has 11 heteroatoms. The summed E-state index contributed by atoms with van der Waals surface area (Å²) in [4.78, 5) is 45.9. The molecular formula is C24H19F3O8. The lowest BCUT2D eigenvalue weighted by molar-refractivity contribution is 0.00424. The standard InChI is InChI=1S/C22H14F2O8.C2H5F/c23-22(24)8-2-1-7-21(22,11-3-5-13(17(25)26)15(9-11)19(29)30)12-4-6-14(18(27)28)16(10-12)20(31)32;1-2-3/h1-10H,(H,25,26)(H,27,28)(H,29,30)(H,31,32);2H2,1H3. The minimum atomic E-state index is -3.72. The molecule has 0 amide bonds. The first-order valence-electron chi connectivity index (χ1n) is 9.87. The van der Waals surface area contributed by atoms with Gasteiger partial charge in [0.05, 0.1) is 28.9 Å². The predicted molar refractivity (Wildman–Crippen MR) is 116 cm³/mol. The molecule has 4 N–H and O–H groups in total. The molecule has 0 aromatic heterocycles. The van der Waals surface area contributed by atoms with Crippen LogP contribution < -0.4 is 0 Å². The Labute approximate surface area is 196 Å². The van der Waals surface area contributed by atoms with Crippen LogP contribution in [-0.4, -0.2) is 56.9 Å². The second kappa shape index (κ2) is 10.2. The minimum Gasteiger partial charge on any atom is -0.478 e. The lowest BCUT2D eigenvalue weighted by atomic mass is 9.67. The molecule has 8 nitrogen and oxygen atoms in total. The zero-order valence-electron chi connectivity index (χ0n) is 18.0. The molecule has 35 heavy (non-hydrogen) atoms. The number of carboxylic acids is 4. The zero-order chi connectivity index (χ0) is 26.6. The number of alkyl halides is 3. The molecule has 184 valence electrons. The summed E-state index contributed by atoms with van der Waals surface area (Å²) in [7, 11) is 0. The summed E-state index contributed by atoms with van der Waals surface area (Å²) >= 11 is 0. The summed E-state index contributed by atoms with van der Waals surface area (Å²) in [6, 6.07) is 5.34.